The third-order valence-electron chi connectivity index (χ3n) is 3.39. The molecular formula is C13H12F2N2O2. The van der Waals surface area contributed by atoms with Gasteiger partial charge in [0, 0.05) is 18.3 Å². The van der Waals surface area contributed by atoms with Crippen molar-refractivity contribution < 1.29 is 13.5 Å². The van der Waals surface area contributed by atoms with Crippen molar-refractivity contribution in [1.82, 2.24) is 4.57 Å². The van der Waals surface area contributed by atoms with E-state index in [-0.39, 0.29) is 22.7 Å². The van der Waals surface area contributed by atoms with Crippen LogP contribution in [0.15, 0.2) is 17.1 Å². The molecule has 1 aromatic heterocycles. The molecule has 1 saturated carbocycles. The van der Waals surface area contributed by atoms with Gasteiger partial charge in [-0.25, -0.2) is 4.39 Å². The molecule has 0 bridgehead atoms. The van der Waals surface area contributed by atoms with Crippen molar-refractivity contribution in [2.75, 3.05) is 12.8 Å². The van der Waals surface area contributed by atoms with E-state index in [1.54, 1.807) is 10.8 Å². The van der Waals surface area contributed by atoms with Crippen molar-refractivity contribution in [2.45, 2.75) is 18.9 Å². The molecule has 19 heavy (non-hydrogen) atoms. The standard InChI is InChI=1S/C13H12F2N2O2/c1-19-13-10(15)9(14)11(16)8-7(18)4-5-17(12(8)13)6-2-3-6/h4-6H,2-3,16H2,1H3. The lowest BCUT2D eigenvalue weighted by atomic mass is 10.1. The molecule has 0 radical (unpaired) electrons. The first kappa shape index (κ1) is 12.0. The molecule has 2 N–H and O–H groups in total. The Morgan fingerprint density at radius 1 is 1.37 bits per heavy atom. The summed E-state index contributed by atoms with van der Waals surface area (Å²) in [5, 5.41) is -0.0230. The molecule has 1 aromatic carbocycles. The molecule has 1 heterocycles. The minimum atomic E-state index is -1.24. The van der Waals surface area contributed by atoms with Gasteiger partial charge in [-0.1, -0.05) is 0 Å². The Labute approximate surface area is 107 Å². The number of hydrogen-bond acceptors (Lipinski definition) is 3. The van der Waals surface area contributed by atoms with E-state index in [9.17, 15) is 13.6 Å². The molecule has 0 unspecified atom stereocenters. The Kier molecular flexibility index (Phi) is 2.48. The summed E-state index contributed by atoms with van der Waals surface area (Å²) in [5.74, 6) is -2.67. The number of pyridine rings is 1. The molecule has 4 nitrogen and oxygen atoms in total. The number of nitrogens with two attached hydrogens (primary N) is 1. The van der Waals surface area contributed by atoms with E-state index in [0.717, 1.165) is 12.8 Å². The Morgan fingerprint density at radius 2 is 2.05 bits per heavy atom. The van der Waals surface area contributed by atoms with Crippen LogP contribution in [0, 0.1) is 11.6 Å². The van der Waals surface area contributed by atoms with Gasteiger partial charge in [0.05, 0.1) is 18.2 Å². The summed E-state index contributed by atoms with van der Waals surface area (Å²) in [6, 6.07) is 1.50. The molecule has 0 atom stereocenters. The number of aromatic nitrogens is 1. The molecular weight excluding hydrogens is 254 g/mol. The van der Waals surface area contributed by atoms with E-state index in [0.29, 0.717) is 0 Å². The number of fused-ring (bicyclic) bond motifs is 1. The highest BCUT2D eigenvalue weighted by Gasteiger charge is 2.29. The number of methoxy groups -OCH3 is 1. The number of ether oxygens (including phenoxy) is 1. The summed E-state index contributed by atoms with van der Waals surface area (Å²) < 4.78 is 34.3. The van der Waals surface area contributed by atoms with Crippen LogP contribution >= 0.6 is 0 Å². The van der Waals surface area contributed by atoms with Crippen molar-refractivity contribution >= 4 is 16.6 Å². The second-order valence-electron chi connectivity index (χ2n) is 4.62. The fourth-order valence-electron chi connectivity index (χ4n) is 2.32. The predicted molar refractivity (Wildman–Crippen MR) is 67.4 cm³/mol. The first-order valence-corrected chi connectivity index (χ1v) is 5.91. The largest absolute Gasteiger partial charge is 0.491 e. The van der Waals surface area contributed by atoms with Gasteiger partial charge in [-0.2, -0.15) is 4.39 Å². The minimum Gasteiger partial charge on any atom is -0.491 e. The summed E-state index contributed by atoms with van der Waals surface area (Å²) in [6.07, 6.45) is 3.43. The van der Waals surface area contributed by atoms with Crippen LogP contribution in [0.4, 0.5) is 14.5 Å². The maximum Gasteiger partial charge on any atom is 0.204 e. The summed E-state index contributed by atoms with van der Waals surface area (Å²) in [7, 11) is 1.24. The molecule has 3 rings (SSSR count). The lowest BCUT2D eigenvalue weighted by Gasteiger charge is -2.15. The molecule has 0 amide bonds. The number of halogens is 2. The molecule has 0 saturated heterocycles. The van der Waals surface area contributed by atoms with Gasteiger partial charge >= 0.3 is 0 Å². The van der Waals surface area contributed by atoms with Crippen LogP contribution in [-0.2, 0) is 0 Å². The minimum absolute atomic E-state index is 0.0230. The zero-order valence-corrected chi connectivity index (χ0v) is 10.2. The summed E-state index contributed by atoms with van der Waals surface area (Å²) >= 11 is 0. The second kappa shape index (κ2) is 3.94. The summed E-state index contributed by atoms with van der Waals surface area (Å²) in [4.78, 5) is 11.9. The maximum absolute atomic E-state index is 13.9. The van der Waals surface area contributed by atoms with Gasteiger partial charge in [-0.3, -0.25) is 4.79 Å². The average Bonchev–Trinajstić information content (AvgIpc) is 3.21. The number of benzene rings is 1. The smallest absolute Gasteiger partial charge is 0.204 e. The van der Waals surface area contributed by atoms with Crippen LogP contribution in [0.3, 0.4) is 0 Å². The van der Waals surface area contributed by atoms with Crippen molar-refractivity contribution in [3.05, 3.63) is 34.1 Å². The molecule has 2 aromatic rings. The van der Waals surface area contributed by atoms with Crippen molar-refractivity contribution in [3.63, 3.8) is 0 Å². The number of hydrogen-bond donors (Lipinski definition) is 1. The number of nitrogen functional groups attached to an aromatic ring is 1. The Bertz CT molecular complexity index is 736. The fraction of sp³-hybridized carbons (Fsp3) is 0.308. The Hall–Kier alpha value is -2.11. The van der Waals surface area contributed by atoms with Gasteiger partial charge in [-0.05, 0) is 12.8 Å². The number of rotatable bonds is 2. The third-order valence-corrected chi connectivity index (χ3v) is 3.39. The van der Waals surface area contributed by atoms with E-state index in [4.69, 9.17) is 10.5 Å². The van der Waals surface area contributed by atoms with E-state index < -0.39 is 22.8 Å². The van der Waals surface area contributed by atoms with Gasteiger partial charge in [0.1, 0.15) is 5.52 Å². The van der Waals surface area contributed by atoms with Crippen molar-refractivity contribution in [2.24, 2.45) is 0 Å². The topological polar surface area (TPSA) is 57.2 Å². The van der Waals surface area contributed by atoms with Gasteiger partial charge in [-0.15, -0.1) is 0 Å². The summed E-state index contributed by atoms with van der Waals surface area (Å²) in [6.45, 7) is 0. The molecule has 6 heteroatoms. The normalized spacial score (nSPS) is 14.9. The molecule has 100 valence electrons. The zero-order chi connectivity index (χ0) is 13.7. The monoisotopic (exact) mass is 266 g/mol. The van der Waals surface area contributed by atoms with E-state index >= 15 is 0 Å². The van der Waals surface area contributed by atoms with Gasteiger partial charge in [0.15, 0.2) is 17.0 Å². The van der Waals surface area contributed by atoms with E-state index in [2.05, 4.69) is 0 Å². The van der Waals surface area contributed by atoms with Crippen LogP contribution in [0.5, 0.6) is 5.75 Å². The number of nitrogens with zero attached hydrogens (tertiary/aromatic N) is 1. The van der Waals surface area contributed by atoms with Crippen LogP contribution in [-0.4, -0.2) is 11.7 Å². The first-order valence-electron chi connectivity index (χ1n) is 5.91. The molecule has 1 fully saturated rings. The van der Waals surface area contributed by atoms with Crippen molar-refractivity contribution in [1.29, 1.82) is 0 Å². The lowest BCUT2D eigenvalue weighted by Crippen LogP contribution is -2.13. The third kappa shape index (κ3) is 1.59. The van der Waals surface area contributed by atoms with Gasteiger partial charge < -0.3 is 15.0 Å². The van der Waals surface area contributed by atoms with E-state index in [1.807, 2.05) is 0 Å². The fourth-order valence-corrected chi connectivity index (χ4v) is 2.32. The molecule has 1 aliphatic rings. The lowest BCUT2D eigenvalue weighted by molar-refractivity contribution is 0.375. The highest BCUT2D eigenvalue weighted by molar-refractivity contribution is 5.95. The first-order chi connectivity index (χ1) is 9.06. The average molecular weight is 266 g/mol. The van der Waals surface area contributed by atoms with Gasteiger partial charge in [0.2, 0.25) is 5.82 Å². The Balaban J connectivity index is 2.55. The van der Waals surface area contributed by atoms with Crippen LogP contribution in [0.2, 0.25) is 0 Å². The highest BCUT2D eigenvalue weighted by atomic mass is 19.2. The summed E-state index contributed by atoms with van der Waals surface area (Å²) in [5.41, 5.74) is 4.87. The zero-order valence-electron chi connectivity index (χ0n) is 10.2. The van der Waals surface area contributed by atoms with Crippen LogP contribution < -0.4 is 15.9 Å². The molecule has 0 spiro atoms. The second-order valence-corrected chi connectivity index (χ2v) is 4.62. The molecule has 0 aliphatic heterocycles. The maximum atomic E-state index is 13.9. The van der Waals surface area contributed by atoms with Gasteiger partial charge in [0.25, 0.3) is 0 Å². The number of anilines is 1. The van der Waals surface area contributed by atoms with Crippen LogP contribution in [0.1, 0.15) is 18.9 Å². The SMILES string of the molecule is COc1c(F)c(F)c(N)c2c(=O)ccn(C3CC3)c12. The highest BCUT2D eigenvalue weighted by Crippen LogP contribution is 2.41. The molecule has 1 aliphatic carbocycles. The van der Waals surface area contributed by atoms with Crippen LogP contribution in [0.25, 0.3) is 10.9 Å². The van der Waals surface area contributed by atoms with E-state index in [1.165, 1.54) is 13.2 Å². The Morgan fingerprint density at radius 3 is 2.63 bits per heavy atom. The predicted octanol–water partition coefficient (Wildman–Crippen LogP) is 2.21. The van der Waals surface area contributed by atoms with Crippen molar-refractivity contribution in [3.8, 4) is 5.75 Å². The quantitative estimate of drug-likeness (QED) is 0.848.